The summed E-state index contributed by atoms with van der Waals surface area (Å²) in [7, 11) is 1.40. The molecule has 0 aromatic heterocycles. The zero-order valence-electron chi connectivity index (χ0n) is 14.0. The van der Waals surface area contributed by atoms with E-state index in [4.69, 9.17) is 14.2 Å². The maximum absolute atomic E-state index is 12.9. The van der Waals surface area contributed by atoms with Crippen LogP contribution in [0.5, 0.6) is 11.5 Å². The van der Waals surface area contributed by atoms with Gasteiger partial charge in [0.25, 0.3) is 0 Å². The summed E-state index contributed by atoms with van der Waals surface area (Å²) in [6.07, 6.45) is -0.486. The van der Waals surface area contributed by atoms with Crippen molar-refractivity contribution in [3.05, 3.63) is 23.8 Å². The molecule has 3 atom stereocenters. The van der Waals surface area contributed by atoms with Crippen LogP contribution in [0.25, 0.3) is 0 Å². The van der Waals surface area contributed by atoms with Crippen molar-refractivity contribution in [2.45, 2.75) is 56.5 Å². The third-order valence-electron chi connectivity index (χ3n) is 4.79. The molecule has 0 radical (unpaired) electrons. The van der Waals surface area contributed by atoms with Crippen molar-refractivity contribution in [3.8, 4) is 11.5 Å². The Labute approximate surface area is 144 Å². The molecule has 2 fully saturated rings. The molecule has 1 aromatic rings. The minimum Gasteiger partial charge on any atom is -0.486 e. The standard InChI is InChI=1S/C17H22F3NO4/c1-23-10-24-16-7-11(17(18,19)20)5-6-15(16)25-14-8-12-3-2-4-13(9-14)21(12)22/h5-7,12-14,22H,2-4,8-10H2,1H3/t12-,13+,14?. The maximum Gasteiger partial charge on any atom is 0.416 e. The Bertz CT molecular complexity index is 582. The number of methoxy groups -OCH3 is 1. The molecule has 2 bridgehead atoms. The second kappa shape index (κ2) is 7.39. The molecule has 1 aromatic carbocycles. The fourth-order valence-corrected chi connectivity index (χ4v) is 3.60. The largest absolute Gasteiger partial charge is 0.486 e. The van der Waals surface area contributed by atoms with Crippen LogP contribution in [-0.2, 0) is 10.9 Å². The average Bonchev–Trinajstić information content (AvgIpc) is 2.54. The summed E-state index contributed by atoms with van der Waals surface area (Å²) < 4.78 is 54.8. The fourth-order valence-electron chi connectivity index (χ4n) is 3.60. The van der Waals surface area contributed by atoms with Crippen molar-refractivity contribution in [3.63, 3.8) is 0 Å². The lowest BCUT2D eigenvalue weighted by atomic mass is 9.85. The van der Waals surface area contributed by atoms with Crippen LogP contribution in [-0.4, -0.2) is 42.4 Å². The molecule has 3 rings (SSSR count). The summed E-state index contributed by atoms with van der Waals surface area (Å²) in [5, 5.41) is 11.5. The molecule has 2 aliphatic rings. The number of hydrogen-bond acceptors (Lipinski definition) is 5. The predicted octanol–water partition coefficient (Wildman–Crippen LogP) is 3.84. The van der Waals surface area contributed by atoms with Gasteiger partial charge in [0.15, 0.2) is 18.3 Å². The summed E-state index contributed by atoms with van der Waals surface area (Å²) in [6, 6.07) is 3.27. The average molecular weight is 361 g/mol. The molecule has 5 nitrogen and oxygen atoms in total. The quantitative estimate of drug-likeness (QED) is 0.808. The van der Waals surface area contributed by atoms with Crippen molar-refractivity contribution in [2.75, 3.05) is 13.9 Å². The van der Waals surface area contributed by atoms with Gasteiger partial charge >= 0.3 is 6.18 Å². The molecule has 0 spiro atoms. The molecule has 2 heterocycles. The van der Waals surface area contributed by atoms with E-state index in [9.17, 15) is 18.4 Å². The highest BCUT2D eigenvalue weighted by molar-refractivity contribution is 5.44. The summed E-state index contributed by atoms with van der Waals surface area (Å²) in [4.78, 5) is 0. The molecule has 140 valence electrons. The normalized spacial score (nSPS) is 27.2. The van der Waals surface area contributed by atoms with Crippen LogP contribution in [0.2, 0.25) is 0 Å². The van der Waals surface area contributed by atoms with Crippen molar-refractivity contribution >= 4 is 0 Å². The van der Waals surface area contributed by atoms with E-state index in [1.54, 1.807) is 0 Å². The summed E-state index contributed by atoms with van der Waals surface area (Å²) >= 11 is 0. The Kier molecular flexibility index (Phi) is 5.41. The van der Waals surface area contributed by atoms with E-state index in [-0.39, 0.29) is 36.5 Å². The first kappa shape index (κ1) is 18.3. The molecule has 0 aliphatic carbocycles. The number of fused-ring (bicyclic) bond motifs is 2. The topological polar surface area (TPSA) is 51.2 Å². The molecule has 1 unspecified atom stereocenters. The first-order chi connectivity index (χ1) is 11.9. The molecule has 2 aliphatic heterocycles. The van der Waals surface area contributed by atoms with Gasteiger partial charge in [0.2, 0.25) is 0 Å². The zero-order chi connectivity index (χ0) is 18.0. The second-order valence-electron chi connectivity index (χ2n) is 6.54. The number of piperidine rings is 2. The lowest BCUT2D eigenvalue weighted by Gasteiger charge is -2.44. The van der Waals surface area contributed by atoms with Gasteiger partial charge in [-0.2, -0.15) is 18.2 Å². The fraction of sp³-hybridized carbons (Fsp3) is 0.647. The smallest absolute Gasteiger partial charge is 0.416 e. The third kappa shape index (κ3) is 4.19. The van der Waals surface area contributed by atoms with Gasteiger partial charge in [-0.1, -0.05) is 6.42 Å². The number of rotatable bonds is 5. The van der Waals surface area contributed by atoms with Crippen LogP contribution in [0, 0.1) is 0 Å². The van der Waals surface area contributed by atoms with Gasteiger partial charge in [0.1, 0.15) is 6.10 Å². The first-order valence-electron chi connectivity index (χ1n) is 8.35. The number of alkyl halides is 3. The number of halogens is 3. The van der Waals surface area contributed by atoms with Gasteiger partial charge in [0, 0.05) is 32.0 Å². The van der Waals surface area contributed by atoms with Crippen LogP contribution in [0.4, 0.5) is 13.2 Å². The van der Waals surface area contributed by atoms with Gasteiger partial charge in [-0.3, -0.25) is 0 Å². The van der Waals surface area contributed by atoms with Crippen molar-refractivity contribution in [2.24, 2.45) is 0 Å². The number of hydroxylamine groups is 2. The molecular formula is C17H22F3NO4. The van der Waals surface area contributed by atoms with Crippen LogP contribution in [0.15, 0.2) is 18.2 Å². The summed E-state index contributed by atoms with van der Waals surface area (Å²) in [6.45, 7) is -0.169. The molecule has 25 heavy (non-hydrogen) atoms. The Hall–Kier alpha value is -1.51. The van der Waals surface area contributed by atoms with Crippen LogP contribution in [0.1, 0.15) is 37.7 Å². The molecular weight excluding hydrogens is 339 g/mol. The Morgan fingerprint density at radius 2 is 1.84 bits per heavy atom. The molecule has 8 heteroatoms. The number of nitrogens with zero attached hydrogens (tertiary/aromatic N) is 1. The third-order valence-corrected chi connectivity index (χ3v) is 4.79. The van der Waals surface area contributed by atoms with Gasteiger partial charge in [0.05, 0.1) is 5.56 Å². The maximum atomic E-state index is 12.9. The van der Waals surface area contributed by atoms with Gasteiger partial charge in [-0.15, -0.1) is 0 Å². The lowest BCUT2D eigenvalue weighted by Crippen LogP contribution is -2.52. The van der Waals surface area contributed by atoms with E-state index in [0.29, 0.717) is 12.8 Å². The second-order valence-corrected chi connectivity index (χ2v) is 6.54. The summed E-state index contributed by atoms with van der Waals surface area (Å²) in [5.74, 6) is 0.271. The number of benzene rings is 1. The Morgan fingerprint density at radius 3 is 2.44 bits per heavy atom. The first-order valence-corrected chi connectivity index (χ1v) is 8.35. The van der Waals surface area contributed by atoms with Crippen molar-refractivity contribution in [1.29, 1.82) is 0 Å². The lowest BCUT2D eigenvalue weighted by molar-refractivity contribution is -0.207. The zero-order valence-corrected chi connectivity index (χ0v) is 14.0. The minimum absolute atomic E-state index is 0.00765. The van der Waals surface area contributed by atoms with E-state index in [2.05, 4.69) is 0 Å². The number of hydrogen-bond donors (Lipinski definition) is 1. The van der Waals surface area contributed by atoms with E-state index in [1.807, 2.05) is 0 Å². The molecule has 2 saturated heterocycles. The van der Waals surface area contributed by atoms with Crippen LogP contribution in [0.3, 0.4) is 0 Å². The molecule has 1 N–H and O–H groups in total. The Balaban J connectivity index is 1.77. The van der Waals surface area contributed by atoms with E-state index in [1.165, 1.54) is 18.2 Å². The van der Waals surface area contributed by atoms with Crippen LogP contribution >= 0.6 is 0 Å². The Morgan fingerprint density at radius 1 is 1.16 bits per heavy atom. The van der Waals surface area contributed by atoms with Gasteiger partial charge in [-0.05, 0) is 31.0 Å². The van der Waals surface area contributed by atoms with Crippen molar-refractivity contribution < 1.29 is 32.6 Å². The van der Waals surface area contributed by atoms with Gasteiger partial charge in [-0.25, -0.2) is 0 Å². The summed E-state index contributed by atoms with van der Waals surface area (Å²) in [5.41, 5.74) is -0.798. The highest BCUT2D eigenvalue weighted by Gasteiger charge is 2.39. The van der Waals surface area contributed by atoms with E-state index < -0.39 is 11.7 Å². The SMILES string of the molecule is COCOc1cc(C(F)(F)F)ccc1OC1C[C@H]2CCC[C@@H](C1)N2O. The van der Waals surface area contributed by atoms with Crippen molar-refractivity contribution in [1.82, 2.24) is 5.06 Å². The highest BCUT2D eigenvalue weighted by atomic mass is 19.4. The monoisotopic (exact) mass is 361 g/mol. The van der Waals surface area contributed by atoms with Gasteiger partial charge < -0.3 is 19.4 Å². The molecule has 0 saturated carbocycles. The van der Waals surface area contributed by atoms with E-state index >= 15 is 0 Å². The molecule has 0 amide bonds. The van der Waals surface area contributed by atoms with E-state index in [0.717, 1.165) is 31.4 Å². The highest BCUT2D eigenvalue weighted by Crippen LogP contribution is 2.39. The predicted molar refractivity (Wildman–Crippen MR) is 82.7 cm³/mol. The minimum atomic E-state index is -4.46. The number of ether oxygens (including phenoxy) is 3. The van der Waals surface area contributed by atoms with Crippen LogP contribution < -0.4 is 9.47 Å².